The molecule has 0 radical (unpaired) electrons. The number of piperazine rings is 1. The summed E-state index contributed by atoms with van der Waals surface area (Å²) in [7, 11) is 5.54. The Morgan fingerprint density at radius 3 is 2.29 bits per heavy atom. The lowest BCUT2D eigenvalue weighted by atomic mass is 10.1. The molecule has 0 aliphatic carbocycles. The Labute approximate surface area is 264 Å². The topological polar surface area (TPSA) is 103 Å². The number of carbonyl (C=O) groups is 2. The highest BCUT2D eigenvalue weighted by Gasteiger charge is 2.23. The third-order valence-electron chi connectivity index (χ3n) is 7.52. The van der Waals surface area contributed by atoms with Crippen molar-refractivity contribution in [1.82, 2.24) is 19.8 Å². The van der Waals surface area contributed by atoms with Gasteiger partial charge in [0, 0.05) is 74.6 Å². The number of hydrogen-bond donors (Lipinski definition) is 2. The molecule has 3 heterocycles. The highest BCUT2D eigenvalue weighted by atomic mass is 16.5. The van der Waals surface area contributed by atoms with Gasteiger partial charge < -0.3 is 30.1 Å². The van der Waals surface area contributed by atoms with Crippen molar-refractivity contribution < 1.29 is 14.3 Å². The van der Waals surface area contributed by atoms with Crippen molar-refractivity contribution in [2.24, 2.45) is 0 Å². The minimum absolute atomic E-state index is 0.0266. The number of hydrogen-bond acceptors (Lipinski definition) is 8. The van der Waals surface area contributed by atoms with Crippen LogP contribution in [0.4, 0.5) is 17.3 Å². The van der Waals surface area contributed by atoms with Gasteiger partial charge in [0.15, 0.2) is 0 Å². The largest absolute Gasteiger partial charge is 0.497 e. The van der Waals surface area contributed by atoms with Gasteiger partial charge in [0.2, 0.25) is 5.91 Å². The smallest absolute Gasteiger partial charge is 0.253 e. The molecule has 2 aromatic carbocycles. The Morgan fingerprint density at radius 1 is 0.911 bits per heavy atom. The number of nitrogens with zero attached hydrogens (tertiary/aromatic N) is 5. The first-order valence-electron chi connectivity index (χ1n) is 14.9. The van der Waals surface area contributed by atoms with Crippen molar-refractivity contribution in [1.29, 1.82) is 0 Å². The summed E-state index contributed by atoms with van der Waals surface area (Å²) in [5.41, 5.74) is 4.38. The molecule has 5 rings (SSSR count). The molecule has 2 aromatic heterocycles. The zero-order chi connectivity index (χ0) is 31.6. The molecule has 2 amide bonds. The van der Waals surface area contributed by atoms with Gasteiger partial charge in [-0.1, -0.05) is 18.2 Å². The predicted molar refractivity (Wildman–Crippen MR) is 179 cm³/mol. The highest BCUT2D eigenvalue weighted by molar-refractivity contribution is 6.00. The molecule has 4 aromatic rings. The number of pyridine rings is 2. The van der Waals surface area contributed by atoms with E-state index in [4.69, 9.17) is 9.72 Å². The van der Waals surface area contributed by atoms with Crippen molar-refractivity contribution in [2.45, 2.75) is 6.54 Å². The van der Waals surface area contributed by atoms with Crippen LogP contribution < -0.4 is 20.3 Å². The van der Waals surface area contributed by atoms with Crippen LogP contribution in [0.2, 0.25) is 0 Å². The number of nitrogens with one attached hydrogen (secondary N) is 2. The van der Waals surface area contributed by atoms with E-state index in [0.717, 1.165) is 34.1 Å². The summed E-state index contributed by atoms with van der Waals surface area (Å²) in [6, 6.07) is 23.1. The summed E-state index contributed by atoms with van der Waals surface area (Å²) >= 11 is 0. The second-order valence-electron chi connectivity index (χ2n) is 11.0. The summed E-state index contributed by atoms with van der Waals surface area (Å²) in [6.07, 6.45) is 6.88. The third kappa shape index (κ3) is 8.45. The van der Waals surface area contributed by atoms with Gasteiger partial charge >= 0.3 is 0 Å². The first-order valence-corrected chi connectivity index (χ1v) is 14.9. The molecule has 45 heavy (non-hydrogen) atoms. The summed E-state index contributed by atoms with van der Waals surface area (Å²) in [6.45, 7) is 3.78. The molecule has 0 bridgehead atoms. The number of rotatable bonds is 11. The van der Waals surface area contributed by atoms with Crippen LogP contribution in [0, 0.1) is 0 Å². The number of anilines is 3. The van der Waals surface area contributed by atoms with Gasteiger partial charge in [-0.3, -0.25) is 14.6 Å². The van der Waals surface area contributed by atoms with E-state index < -0.39 is 0 Å². The van der Waals surface area contributed by atoms with Gasteiger partial charge in [-0.25, -0.2) is 4.98 Å². The van der Waals surface area contributed by atoms with Crippen LogP contribution in [0.25, 0.3) is 11.1 Å². The predicted octanol–water partition coefficient (Wildman–Crippen LogP) is 4.78. The van der Waals surface area contributed by atoms with Crippen molar-refractivity contribution in [2.75, 3.05) is 69.5 Å². The molecule has 1 saturated heterocycles. The summed E-state index contributed by atoms with van der Waals surface area (Å²) in [5.74, 6) is 2.24. The summed E-state index contributed by atoms with van der Waals surface area (Å²) in [4.78, 5) is 40.6. The maximum absolute atomic E-state index is 13.3. The lowest BCUT2D eigenvalue weighted by molar-refractivity contribution is -0.111. The number of aromatic nitrogens is 2. The summed E-state index contributed by atoms with van der Waals surface area (Å²) < 4.78 is 5.29. The zero-order valence-corrected chi connectivity index (χ0v) is 25.9. The average molecular weight is 606 g/mol. The Kier molecular flexibility index (Phi) is 10.4. The zero-order valence-electron chi connectivity index (χ0n) is 25.9. The maximum atomic E-state index is 13.3. The van der Waals surface area contributed by atoms with E-state index in [1.807, 2.05) is 66.4 Å². The third-order valence-corrected chi connectivity index (χ3v) is 7.52. The van der Waals surface area contributed by atoms with Crippen molar-refractivity contribution in [3.8, 4) is 16.9 Å². The first kappa shape index (κ1) is 31.2. The van der Waals surface area contributed by atoms with E-state index in [1.165, 1.54) is 6.08 Å². The van der Waals surface area contributed by atoms with Crippen LogP contribution in [0.15, 0.2) is 97.3 Å². The molecular weight excluding hydrogens is 566 g/mol. The van der Waals surface area contributed by atoms with Gasteiger partial charge in [0.05, 0.1) is 7.11 Å². The molecule has 0 spiro atoms. The van der Waals surface area contributed by atoms with Crippen LogP contribution in [-0.4, -0.2) is 85.5 Å². The van der Waals surface area contributed by atoms with Gasteiger partial charge in [-0.05, 0) is 85.9 Å². The van der Waals surface area contributed by atoms with Gasteiger partial charge in [0.25, 0.3) is 5.91 Å². The van der Waals surface area contributed by atoms with E-state index in [2.05, 4.69) is 26.6 Å². The molecule has 1 aliphatic rings. The van der Waals surface area contributed by atoms with Crippen molar-refractivity contribution in [3.05, 3.63) is 108 Å². The van der Waals surface area contributed by atoms with Crippen molar-refractivity contribution >= 4 is 29.1 Å². The normalized spacial score (nSPS) is 13.2. The fourth-order valence-corrected chi connectivity index (χ4v) is 5.03. The van der Waals surface area contributed by atoms with Crippen LogP contribution >= 0.6 is 0 Å². The molecule has 10 heteroatoms. The number of benzene rings is 2. The number of methoxy groups -OCH3 is 1. The first-order chi connectivity index (χ1) is 21.9. The lowest BCUT2D eigenvalue weighted by Gasteiger charge is -2.35. The molecule has 0 atom stereocenters. The fraction of sp³-hybridized carbons (Fsp3) is 0.257. The van der Waals surface area contributed by atoms with E-state index in [0.29, 0.717) is 50.5 Å². The highest BCUT2D eigenvalue weighted by Crippen LogP contribution is 2.30. The Morgan fingerprint density at radius 2 is 1.62 bits per heavy atom. The minimum Gasteiger partial charge on any atom is -0.497 e. The lowest BCUT2D eigenvalue weighted by Crippen LogP contribution is -2.49. The molecule has 0 unspecified atom stereocenters. The van der Waals surface area contributed by atoms with E-state index in [1.54, 1.807) is 49.8 Å². The van der Waals surface area contributed by atoms with E-state index in [9.17, 15) is 9.59 Å². The quantitative estimate of drug-likeness (QED) is 0.236. The van der Waals surface area contributed by atoms with Crippen LogP contribution in [0.5, 0.6) is 5.75 Å². The van der Waals surface area contributed by atoms with Gasteiger partial charge in [-0.15, -0.1) is 0 Å². The Balaban J connectivity index is 1.21. The van der Waals surface area contributed by atoms with Gasteiger partial charge in [0.1, 0.15) is 17.4 Å². The molecular formula is C35H39N7O3. The van der Waals surface area contributed by atoms with Crippen LogP contribution in [-0.2, 0) is 11.3 Å². The van der Waals surface area contributed by atoms with Gasteiger partial charge in [-0.2, -0.15) is 0 Å². The number of carbonyl (C=O) groups excluding carboxylic acids is 2. The molecule has 232 valence electrons. The molecule has 2 N–H and O–H groups in total. The second kappa shape index (κ2) is 15.0. The average Bonchev–Trinajstić information content (AvgIpc) is 3.08. The molecule has 1 aliphatic heterocycles. The number of amides is 2. The number of ether oxygens (including phenoxy) is 1. The van der Waals surface area contributed by atoms with Crippen molar-refractivity contribution in [3.63, 3.8) is 0 Å². The fourth-order valence-electron chi connectivity index (χ4n) is 5.03. The van der Waals surface area contributed by atoms with E-state index in [-0.39, 0.29) is 11.8 Å². The molecule has 0 saturated carbocycles. The SMILES string of the molecule is COc1ccc(CNc2nc(N3CCN(C(=O)c4ccc(NC(=O)/C=C/CN(C)C)cc4)CC3)ccc2-c2ccncc2)cc1. The van der Waals surface area contributed by atoms with Crippen LogP contribution in [0.3, 0.4) is 0 Å². The minimum atomic E-state index is -0.200. The summed E-state index contributed by atoms with van der Waals surface area (Å²) in [5, 5.41) is 6.36. The van der Waals surface area contributed by atoms with Crippen LogP contribution in [0.1, 0.15) is 15.9 Å². The molecule has 10 nitrogen and oxygen atoms in total. The second-order valence-corrected chi connectivity index (χ2v) is 11.0. The maximum Gasteiger partial charge on any atom is 0.253 e. The Bertz CT molecular complexity index is 1600. The monoisotopic (exact) mass is 605 g/mol. The standard InChI is InChI=1S/C35H39N7O3/c1-40(2)20-4-5-33(43)38-29-10-8-28(9-11-29)35(44)42-23-21-41(22-24-42)32-15-14-31(27-16-18-36-19-17-27)34(39-32)37-25-26-6-12-30(45-3)13-7-26/h4-19H,20-25H2,1-3H3,(H,37,39)(H,38,43)/b5-4+. The van der Waals surface area contributed by atoms with E-state index >= 15 is 0 Å². The Hall–Kier alpha value is -5.22. The molecule has 1 fully saturated rings. The number of likely N-dealkylation sites (N-methyl/N-ethyl adjacent to an activating group) is 1.